The molecule has 3 heteroatoms. The molecular weight excluding hydrogens is 360 g/mol. The number of ether oxygens (including phenoxy) is 2. The Morgan fingerprint density at radius 2 is 1.66 bits per heavy atom. The number of benzene rings is 3. The van der Waals surface area contributed by atoms with E-state index >= 15 is 0 Å². The molecule has 152 valence electrons. The molecule has 0 bridgehead atoms. The van der Waals surface area contributed by atoms with Crippen LogP contribution in [-0.2, 0) is 20.9 Å². The normalized spacial score (nSPS) is 11.7. The van der Waals surface area contributed by atoms with Gasteiger partial charge in [-0.1, -0.05) is 75.0 Å². The molecule has 3 aromatic rings. The number of rotatable bonds is 9. The summed E-state index contributed by atoms with van der Waals surface area (Å²) < 4.78 is 11.8. The van der Waals surface area contributed by atoms with Gasteiger partial charge in [0.05, 0.1) is 13.2 Å². The maximum absolute atomic E-state index is 12.0. The van der Waals surface area contributed by atoms with Gasteiger partial charge in [-0.05, 0) is 46.9 Å². The minimum atomic E-state index is -0.499. The van der Waals surface area contributed by atoms with Gasteiger partial charge < -0.3 is 9.47 Å². The van der Waals surface area contributed by atoms with Crippen LogP contribution in [0.3, 0.4) is 0 Å². The van der Waals surface area contributed by atoms with Crippen molar-refractivity contribution in [3.05, 3.63) is 72.3 Å². The van der Waals surface area contributed by atoms with Crippen LogP contribution in [0.1, 0.15) is 45.6 Å². The van der Waals surface area contributed by atoms with Crippen molar-refractivity contribution in [2.45, 2.75) is 52.2 Å². The van der Waals surface area contributed by atoms with E-state index in [1.807, 2.05) is 13.8 Å². The van der Waals surface area contributed by atoms with E-state index in [2.05, 4.69) is 61.2 Å². The van der Waals surface area contributed by atoms with Crippen molar-refractivity contribution in [2.24, 2.45) is 0 Å². The third-order valence-electron chi connectivity index (χ3n) is 5.76. The molecule has 0 aliphatic rings. The van der Waals surface area contributed by atoms with Crippen LogP contribution in [0, 0.1) is 0 Å². The zero-order valence-electron chi connectivity index (χ0n) is 17.7. The number of fused-ring (bicyclic) bond motifs is 3. The monoisotopic (exact) mass is 390 g/mol. The summed E-state index contributed by atoms with van der Waals surface area (Å²) in [6.07, 6.45) is 2.18. The second-order valence-electron chi connectivity index (χ2n) is 7.66. The van der Waals surface area contributed by atoms with E-state index in [1.54, 1.807) is 6.92 Å². The van der Waals surface area contributed by atoms with Crippen molar-refractivity contribution < 1.29 is 14.3 Å². The molecule has 0 saturated carbocycles. The van der Waals surface area contributed by atoms with Gasteiger partial charge in [0.1, 0.15) is 5.60 Å². The molecule has 0 radical (unpaired) electrons. The molecule has 0 N–H and O–H groups in total. The van der Waals surface area contributed by atoms with E-state index in [4.69, 9.17) is 9.47 Å². The SMILES string of the molecule is C=C(C)C(=O)OC(CC)(CC)CCOCc1cccc2ccc3ccccc3c12. The van der Waals surface area contributed by atoms with Gasteiger partial charge in [-0.25, -0.2) is 4.79 Å². The summed E-state index contributed by atoms with van der Waals surface area (Å²) >= 11 is 0. The Bertz CT molecular complexity index is 1010. The predicted molar refractivity (Wildman–Crippen MR) is 120 cm³/mol. The average molecular weight is 391 g/mol. The van der Waals surface area contributed by atoms with E-state index in [-0.39, 0.29) is 5.97 Å². The van der Waals surface area contributed by atoms with Crippen LogP contribution in [0.4, 0.5) is 0 Å². The molecule has 3 nitrogen and oxygen atoms in total. The Morgan fingerprint density at radius 1 is 0.966 bits per heavy atom. The van der Waals surface area contributed by atoms with Gasteiger partial charge in [0, 0.05) is 12.0 Å². The van der Waals surface area contributed by atoms with Crippen LogP contribution in [0.2, 0.25) is 0 Å². The Kier molecular flexibility index (Phi) is 6.71. The van der Waals surface area contributed by atoms with E-state index in [0.717, 1.165) is 12.8 Å². The highest BCUT2D eigenvalue weighted by molar-refractivity contribution is 6.09. The first-order valence-corrected chi connectivity index (χ1v) is 10.4. The third kappa shape index (κ3) is 4.68. The standard InChI is InChI=1S/C26H30O3/c1-5-26(6-2,29-25(27)19(3)4)16-17-28-18-22-12-9-11-21-15-14-20-10-7-8-13-23(20)24(21)22/h7-15H,3,5-6,16-18H2,1-2,4H3. The zero-order valence-corrected chi connectivity index (χ0v) is 17.7. The molecule has 0 atom stereocenters. The number of carbonyl (C=O) groups excluding carboxylic acids is 1. The highest BCUT2D eigenvalue weighted by atomic mass is 16.6. The fraction of sp³-hybridized carbons (Fsp3) is 0.346. The van der Waals surface area contributed by atoms with Crippen LogP contribution >= 0.6 is 0 Å². The zero-order chi connectivity index (χ0) is 20.9. The molecule has 0 heterocycles. The van der Waals surface area contributed by atoms with E-state index in [1.165, 1.54) is 27.1 Å². The van der Waals surface area contributed by atoms with Crippen molar-refractivity contribution in [1.29, 1.82) is 0 Å². The summed E-state index contributed by atoms with van der Waals surface area (Å²) in [4.78, 5) is 12.0. The first-order valence-electron chi connectivity index (χ1n) is 10.4. The molecule has 0 aromatic heterocycles. The second-order valence-corrected chi connectivity index (χ2v) is 7.66. The fourth-order valence-electron chi connectivity index (χ4n) is 3.78. The lowest BCUT2D eigenvalue weighted by Gasteiger charge is -2.31. The van der Waals surface area contributed by atoms with Gasteiger partial charge in [-0.2, -0.15) is 0 Å². The minimum absolute atomic E-state index is 0.325. The highest BCUT2D eigenvalue weighted by Crippen LogP contribution is 2.30. The van der Waals surface area contributed by atoms with Crippen molar-refractivity contribution in [3.8, 4) is 0 Å². The van der Waals surface area contributed by atoms with Crippen LogP contribution in [0.15, 0.2) is 66.7 Å². The van der Waals surface area contributed by atoms with E-state index in [0.29, 0.717) is 25.2 Å². The van der Waals surface area contributed by atoms with Crippen LogP contribution in [0.5, 0.6) is 0 Å². The van der Waals surface area contributed by atoms with Crippen molar-refractivity contribution >= 4 is 27.5 Å². The van der Waals surface area contributed by atoms with Crippen molar-refractivity contribution in [2.75, 3.05) is 6.61 Å². The molecule has 0 saturated heterocycles. The molecule has 0 aliphatic carbocycles. The summed E-state index contributed by atoms with van der Waals surface area (Å²) in [5.41, 5.74) is 1.11. The van der Waals surface area contributed by atoms with Gasteiger partial charge >= 0.3 is 5.97 Å². The first-order chi connectivity index (χ1) is 14.0. The number of hydrogen-bond donors (Lipinski definition) is 0. The van der Waals surface area contributed by atoms with E-state index in [9.17, 15) is 4.79 Å². The molecule has 3 aromatic carbocycles. The minimum Gasteiger partial charge on any atom is -0.456 e. The van der Waals surface area contributed by atoms with Gasteiger partial charge in [0.15, 0.2) is 0 Å². The molecular formula is C26H30O3. The first kappa shape index (κ1) is 21.1. The quantitative estimate of drug-likeness (QED) is 0.179. The van der Waals surface area contributed by atoms with Crippen molar-refractivity contribution in [3.63, 3.8) is 0 Å². The lowest BCUT2D eigenvalue weighted by atomic mass is 9.93. The molecule has 0 spiro atoms. The number of hydrogen-bond acceptors (Lipinski definition) is 3. The maximum Gasteiger partial charge on any atom is 0.333 e. The van der Waals surface area contributed by atoms with Crippen LogP contribution in [0.25, 0.3) is 21.5 Å². The lowest BCUT2D eigenvalue weighted by Crippen LogP contribution is -2.35. The predicted octanol–water partition coefficient (Wildman–Crippen LogP) is 6.58. The number of carbonyl (C=O) groups is 1. The summed E-state index contributed by atoms with van der Waals surface area (Å²) in [6, 6.07) is 19.1. The molecule has 3 rings (SSSR count). The Morgan fingerprint density at radius 3 is 2.38 bits per heavy atom. The lowest BCUT2D eigenvalue weighted by molar-refractivity contribution is -0.158. The molecule has 0 aliphatic heterocycles. The Labute approximate surface area is 173 Å². The summed E-state index contributed by atoms with van der Waals surface area (Å²) in [5, 5.41) is 4.94. The largest absolute Gasteiger partial charge is 0.456 e. The Balaban J connectivity index is 1.73. The molecule has 0 amide bonds. The fourth-order valence-corrected chi connectivity index (χ4v) is 3.78. The second kappa shape index (κ2) is 9.23. The van der Waals surface area contributed by atoms with E-state index < -0.39 is 5.60 Å². The van der Waals surface area contributed by atoms with Crippen LogP contribution in [-0.4, -0.2) is 18.2 Å². The molecule has 0 unspecified atom stereocenters. The van der Waals surface area contributed by atoms with Crippen LogP contribution < -0.4 is 0 Å². The number of esters is 1. The molecule has 29 heavy (non-hydrogen) atoms. The topological polar surface area (TPSA) is 35.5 Å². The van der Waals surface area contributed by atoms with Gasteiger partial charge in [-0.15, -0.1) is 0 Å². The molecule has 0 fully saturated rings. The third-order valence-corrected chi connectivity index (χ3v) is 5.76. The summed E-state index contributed by atoms with van der Waals surface area (Å²) in [6.45, 7) is 10.5. The highest BCUT2D eigenvalue weighted by Gasteiger charge is 2.30. The average Bonchev–Trinajstić information content (AvgIpc) is 2.75. The van der Waals surface area contributed by atoms with Gasteiger partial charge in [0.25, 0.3) is 0 Å². The smallest absolute Gasteiger partial charge is 0.333 e. The van der Waals surface area contributed by atoms with Gasteiger partial charge in [0.2, 0.25) is 0 Å². The maximum atomic E-state index is 12.0. The summed E-state index contributed by atoms with van der Waals surface area (Å²) in [5.74, 6) is -0.325. The van der Waals surface area contributed by atoms with Gasteiger partial charge in [-0.3, -0.25) is 0 Å². The summed E-state index contributed by atoms with van der Waals surface area (Å²) in [7, 11) is 0. The Hall–Kier alpha value is -2.65. The van der Waals surface area contributed by atoms with Crippen molar-refractivity contribution in [1.82, 2.24) is 0 Å².